The van der Waals surface area contributed by atoms with Crippen LogP contribution >= 0.6 is 56.7 Å². The van der Waals surface area contributed by atoms with Crippen molar-refractivity contribution in [1.82, 2.24) is 0 Å². The molecule has 0 saturated carbocycles. The largest absolute Gasteiger partial charge is 0.143 e. The maximum Gasteiger partial charge on any atom is 0.0449 e. The molecule has 0 amide bonds. The van der Waals surface area contributed by atoms with Crippen LogP contribution in [0.25, 0.3) is 39.0 Å². The van der Waals surface area contributed by atoms with Gasteiger partial charge in [-0.1, -0.05) is 52.4 Å². The predicted molar refractivity (Wildman–Crippen MR) is 173 cm³/mol. The Morgan fingerprint density at radius 1 is 0.432 bits per heavy atom. The minimum atomic E-state index is 1.22. The molecule has 0 aliphatic rings. The first-order valence-electron chi connectivity index (χ1n) is 13.7. The lowest BCUT2D eigenvalue weighted by Crippen LogP contribution is -1.81. The zero-order chi connectivity index (χ0) is 25.5. The van der Waals surface area contributed by atoms with Gasteiger partial charge in [-0.3, -0.25) is 0 Å². The summed E-state index contributed by atoms with van der Waals surface area (Å²) < 4.78 is 0. The van der Waals surface area contributed by atoms with E-state index >= 15 is 0 Å². The summed E-state index contributed by atoms with van der Waals surface area (Å²) in [6, 6.07) is 18.7. The van der Waals surface area contributed by atoms with Crippen molar-refractivity contribution >= 4 is 56.7 Å². The first kappa shape index (κ1) is 27.1. The van der Waals surface area contributed by atoms with E-state index in [2.05, 4.69) is 73.1 Å². The molecule has 0 fully saturated rings. The third kappa shape index (κ3) is 7.13. The molecule has 0 unspecified atom stereocenters. The lowest BCUT2D eigenvalue weighted by Gasteiger charge is -1.97. The Morgan fingerprint density at radius 3 is 1.14 bits per heavy atom. The highest BCUT2D eigenvalue weighted by molar-refractivity contribution is 7.29. The Morgan fingerprint density at radius 2 is 0.784 bits per heavy atom. The monoisotopic (exact) mass is 580 g/mol. The van der Waals surface area contributed by atoms with Crippen molar-refractivity contribution in [2.75, 3.05) is 0 Å². The molecule has 0 radical (unpaired) electrons. The van der Waals surface area contributed by atoms with Gasteiger partial charge in [0.1, 0.15) is 0 Å². The minimum Gasteiger partial charge on any atom is -0.143 e. The van der Waals surface area contributed by atoms with Gasteiger partial charge >= 0.3 is 0 Å². The molecule has 0 aromatic carbocycles. The molecule has 5 aromatic heterocycles. The topological polar surface area (TPSA) is 0 Å². The quantitative estimate of drug-likeness (QED) is 0.115. The number of aryl methyl sites for hydroxylation is 2. The van der Waals surface area contributed by atoms with Crippen LogP contribution in [0.15, 0.2) is 59.3 Å². The second kappa shape index (κ2) is 13.5. The van der Waals surface area contributed by atoms with Crippen LogP contribution in [0.3, 0.4) is 0 Å². The van der Waals surface area contributed by atoms with Crippen molar-refractivity contribution in [3.8, 4) is 39.0 Å². The maximum atomic E-state index is 2.42. The SMILES string of the molecule is CCCCCCc1csc(-c2ccc(-c3ccc(-c4ccc(-c5cc(CCCCCC)cs5)s4)s3)s2)c1. The van der Waals surface area contributed by atoms with E-state index in [1.807, 2.05) is 56.7 Å². The molecule has 0 bridgehead atoms. The standard InChI is InChI=1S/C32H36S5/c1-3-5-7-9-11-23-19-31(33-21-23)29-17-15-27(36-29)25-13-14-26(35-25)28-16-18-30(37-28)32-20-24(22-34-32)12-10-8-6-4-2/h13-22H,3-12H2,1-2H3. The Balaban J connectivity index is 1.22. The Bertz CT molecular complexity index is 1270. The molecule has 5 heteroatoms. The molecule has 0 N–H and O–H groups in total. The molecular formula is C32H36S5. The molecule has 0 atom stereocenters. The summed E-state index contributed by atoms with van der Waals surface area (Å²) >= 11 is 9.60. The molecule has 0 spiro atoms. The second-order valence-corrected chi connectivity index (χ2v) is 14.8. The van der Waals surface area contributed by atoms with Gasteiger partial charge in [0.15, 0.2) is 0 Å². The van der Waals surface area contributed by atoms with Crippen LogP contribution < -0.4 is 0 Å². The van der Waals surface area contributed by atoms with Crippen molar-refractivity contribution in [2.24, 2.45) is 0 Å². The van der Waals surface area contributed by atoms with Gasteiger partial charge < -0.3 is 0 Å². The van der Waals surface area contributed by atoms with Gasteiger partial charge in [0, 0.05) is 39.0 Å². The van der Waals surface area contributed by atoms with Crippen LogP contribution in [0.5, 0.6) is 0 Å². The molecule has 0 aliphatic heterocycles. The second-order valence-electron chi connectivity index (χ2n) is 9.75. The van der Waals surface area contributed by atoms with Crippen molar-refractivity contribution < 1.29 is 0 Å². The van der Waals surface area contributed by atoms with E-state index in [1.54, 1.807) is 0 Å². The average Bonchev–Trinajstić information content (AvgIpc) is 3.73. The summed E-state index contributed by atoms with van der Waals surface area (Å²) in [4.78, 5) is 11.2. The molecule has 0 aliphatic carbocycles. The summed E-state index contributed by atoms with van der Waals surface area (Å²) in [7, 11) is 0. The maximum absolute atomic E-state index is 2.42. The zero-order valence-electron chi connectivity index (χ0n) is 21.9. The van der Waals surface area contributed by atoms with Crippen LogP contribution in [0.2, 0.25) is 0 Å². The molecule has 0 nitrogen and oxygen atoms in total. The normalized spacial score (nSPS) is 11.5. The first-order chi connectivity index (χ1) is 18.2. The molecule has 5 rings (SSSR count). The van der Waals surface area contributed by atoms with Crippen LogP contribution in [0, 0.1) is 0 Å². The van der Waals surface area contributed by atoms with E-state index in [1.165, 1.54) is 114 Å². The van der Waals surface area contributed by atoms with Gasteiger partial charge in [0.25, 0.3) is 0 Å². The van der Waals surface area contributed by atoms with Gasteiger partial charge in [-0.25, -0.2) is 0 Å². The zero-order valence-corrected chi connectivity index (χ0v) is 26.0. The fourth-order valence-electron chi connectivity index (χ4n) is 4.59. The highest BCUT2D eigenvalue weighted by Gasteiger charge is 2.13. The van der Waals surface area contributed by atoms with E-state index < -0.39 is 0 Å². The van der Waals surface area contributed by atoms with Gasteiger partial charge in [-0.05, 0) is 96.1 Å². The van der Waals surface area contributed by atoms with Crippen molar-refractivity contribution in [2.45, 2.75) is 78.1 Å². The average molecular weight is 581 g/mol. The summed E-state index contributed by atoms with van der Waals surface area (Å²) in [5.41, 5.74) is 3.01. The van der Waals surface area contributed by atoms with E-state index in [9.17, 15) is 0 Å². The molecule has 5 heterocycles. The number of thiophene rings is 5. The third-order valence-electron chi connectivity index (χ3n) is 6.73. The Kier molecular flexibility index (Phi) is 9.90. The van der Waals surface area contributed by atoms with E-state index in [0.29, 0.717) is 0 Å². The van der Waals surface area contributed by atoms with Gasteiger partial charge in [0.2, 0.25) is 0 Å². The van der Waals surface area contributed by atoms with Gasteiger partial charge in [-0.15, -0.1) is 56.7 Å². The van der Waals surface area contributed by atoms with E-state index in [0.717, 1.165) is 0 Å². The molecule has 194 valence electrons. The number of rotatable bonds is 14. The van der Waals surface area contributed by atoms with E-state index in [4.69, 9.17) is 0 Å². The Hall–Kier alpha value is -1.50. The number of hydrogen-bond donors (Lipinski definition) is 0. The molecular weight excluding hydrogens is 545 g/mol. The highest BCUT2D eigenvalue weighted by Crippen LogP contribution is 2.44. The molecule has 37 heavy (non-hydrogen) atoms. The molecule has 5 aromatic rings. The summed E-state index contributed by atoms with van der Waals surface area (Å²) in [5.74, 6) is 0. The smallest absolute Gasteiger partial charge is 0.0449 e. The summed E-state index contributed by atoms with van der Waals surface area (Å²) in [6.45, 7) is 4.56. The van der Waals surface area contributed by atoms with E-state index in [-0.39, 0.29) is 0 Å². The van der Waals surface area contributed by atoms with Crippen LogP contribution in [-0.2, 0) is 12.8 Å². The lowest BCUT2D eigenvalue weighted by atomic mass is 10.1. The fourth-order valence-corrected chi connectivity index (χ4v) is 9.89. The fraction of sp³-hybridized carbons (Fsp3) is 0.375. The van der Waals surface area contributed by atoms with Crippen LogP contribution in [0.4, 0.5) is 0 Å². The summed E-state index contributed by atoms with van der Waals surface area (Å²) in [5, 5.41) is 4.72. The van der Waals surface area contributed by atoms with Crippen LogP contribution in [0.1, 0.15) is 76.3 Å². The first-order valence-corrected chi connectivity index (χ1v) is 17.9. The van der Waals surface area contributed by atoms with Crippen LogP contribution in [-0.4, -0.2) is 0 Å². The number of hydrogen-bond acceptors (Lipinski definition) is 5. The molecule has 0 saturated heterocycles. The Labute approximate surface area is 242 Å². The summed E-state index contributed by atoms with van der Waals surface area (Å²) in [6.07, 6.45) is 13.1. The van der Waals surface area contributed by atoms with Gasteiger partial charge in [-0.2, -0.15) is 0 Å². The minimum absolute atomic E-state index is 1.22. The van der Waals surface area contributed by atoms with Crippen molar-refractivity contribution in [3.63, 3.8) is 0 Å². The lowest BCUT2D eigenvalue weighted by molar-refractivity contribution is 0.667. The van der Waals surface area contributed by atoms with Crippen molar-refractivity contribution in [3.05, 3.63) is 70.4 Å². The highest BCUT2D eigenvalue weighted by atomic mass is 32.1. The number of unbranched alkanes of at least 4 members (excludes halogenated alkanes) is 6. The van der Waals surface area contributed by atoms with Crippen molar-refractivity contribution in [1.29, 1.82) is 0 Å². The predicted octanol–water partition coefficient (Wildman–Crippen LogP) is 12.9. The van der Waals surface area contributed by atoms with Gasteiger partial charge in [0.05, 0.1) is 0 Å². The third-order valence-corrected chi connectivity index (χ3v) is 12.7.